The zero-order chi connectivity index (χ0) is 12.9. The molecule has 0 aliphatic carbocycles. The van der Waals surface area contributed by atoms with Crippen molar-refractivity contribution in [3.63, 3.8) is 0 Å². The van der Waals surface area contributed by atoms with Crippen molar-refractivity contribution in [2.45, 2.75) is 37.7 Å². The molecule has 0 aromatic heterocycles. The van der Waals surface area contributed by atoms with Gasteiger partial charge in [-0.2, -0.15) is 0 Å². The van der Waals surface area contributed by atoms with E-state index in [2.05, 4.69) is 34.9 Å². The number of hydrogen-bond donors (Lipinski definition) is 2. The van der Waals surface area contributed by atoms with Gasteiger partial charge >= 0.3 is 0 Å². The Morgan fingerprint density at radius 1 is 1.26 bits per heavy atom. The molecule has 1 fully saturated rings. The molecule has 2 unspecified atom stereocenters. The summed E-state index contributed by atoms with van der Waals surface area (Å²) in [6.45, 7) is 4.13. The van der Waals surface area contributed by atoms with Crippen molar-refractivity contribution in [1.82, 2.24) is 5.32 Å². The van der Waals surface area contributed by atoms with Gasteiger partial charge in [0.2, 0.25) is 0 Å². The second kappa shape index (κ2) is 6.40. The minimum Gasteiger partial charge on any atom is -0.384 e. The third-order valence-corrected chi connectivity index (χ3v) is 4.26. The second-order valence-corrected chi connectivity index (χ2v) is 5.65. The van der Waals surface area contributed by atoms with Crippen LogP contribution < -0.4 is 10.6 Å². The van der Waals surface area contributed by atoms with Gasteiger partial charge in [-0.15, -0.1) is 0 Å². The molecule has 2 aliphatic heterocycles. The normalized spacial score (nSPS) is 25.9. The number of hydrogen-bond acceptors (Lipinski definition) is 3. The van der Waals surface area contributed by atoms with Gasteiger partial charge in [-0.3, -0.25) is 0 Å². The van der Waals surface area contributed by atoms with E-state index < -0.39 is 0 Å². The summed E-state index contributed by atoms with van der Waals surface area (Å²) in [6.07, 6.45) is 5.44. The van der Waals surface area contributed by atoms with Crippen LogP contribution in [-0.2, 0) is 4.74 Å². The first-order valence-corrected chi connectivity index (χ1v) is 7.58. The Hall–Kier alpha value is -1.06. The summed E-state index contributed by atoms with van der Waals surface area (Å²) in [7, 11) is 0. The number of benzene rings is 1. The SMILES string of the molecule is c1ccc2c(c1)NCC2CCNCC1CCCCO1. The van der Waals surface area contributed by atoms with Crippen molar-refractivity contribution in [2.24, 2.45) is 0 Å². The Morgan fingerprint density at radius 2 is 2.21 bits per heavy atom. The van der Waals surface area contributed by atoms with Gasteiger partial charge in [0, 0.05) is 31.3 Å². The Morgan fingerprint density at radius 3 is 3.11 bits per heavy atom. The maximum Gasteiger partial charge on any atom is 0.0699 e. The van der Waals surface area contributed by atoms with Gasteiger partial charge in [-0.1, -0.05) is 18.2 Å². The van der Waals surface area contributed by atoms with E-state index >= 15 is 0 Å². The average molecular weight is 260 g/mol. The molecule has 0 amide bonds. The number of nitrogens with one attached hydrogen (secondary N) is 2. The largest absolute Gasteiger partial charge is 0.384 e. The molecule has 3 nitrogen and oxygen atoms in total. The highest BCUT2D eigenvalue weighted by Crippen LogP contribution is 2.32. The zero-order valence-electron chi connectivity index (χ0n) is 11.5. The Labute approximate surface area is 115 Å². The Balaban J connectivity index is 1.39. The predicted molar refractivity (Wildman–Crippen MR) is 78.8 cm³/mol. The molecular weight excluding hydrogens is 236 g/mol. The van der Waals surface area contributed by atoms with E-state index in [0.717, 1.165) is 26.2 Å². The van der Waals surface area contributed by atoms with Gasteiger partial charge in [0.25, 0.3) is 0 Å². The Bertz CT molecular complexity index is 401. The van der Waals surface area contributed by atoms with Crippen LogP contribution in [-0.4, -0.2) is 32.3 Å². The topological polar surface area (TPSA) is 33.3 Å². The summed E-state index contributed by atoms with van der Waals surface area (Å²) in [4.78, 5) is 0. The maximum atomic E-state index is 5.73. The van der Waals surface area contributed by atoms with Crippen LogP contribution in [0.3, 0.4) is 0 Å². The predicted octanol–water partition coefficient (Wildman–Crippen LogP) is 2.74. The lowest BCUT2D eigenvalue weighted by atomic mass is 9.98. The smallest absolute Gasteiger partial charge is 0.0699 e. The first kappa shape index (κ1) is 12.9. The van der Waals surface area contributed by atoms with E-state index in [-0.39, 0.29) is 0 Å². The number of fused-ring (bicyclic) bond motifs is 1. The molecule has 3 rings (SSSR count). The van der Waals surface area contributed by atoms with Gasteiger partial charge in [0.15, 0.2) is 0 Å². The molecule has 19 heavy (non-hydrogen) atoms. The van der Waals surface area contributed by atoms with Crippen LogP contribution in [0.4, 0.5) is 5.69 Å². The van der Waals surface area contributed by atoms with Crippen molar-refractivity contribution in [3.8, 4) is 0 Å². The molecule has 0 bridgehead atoms. The van der Waals surface area contributed by atoms with E-state index in [1.165, 1.54) is 36.9 Å². The third-order valence-electron chi connectivity index (χ3n) is 4.26. The first-order chi connectivity index (χ1) is 9.43. The Kier molecular flexibility index (Phi) is 4.36. The van der Waals surface area contributed by atoms with Crippen molar-refractivity contribution >= 4 is 5.69 Å². The molecule has 2 N–H and O–H groups in total. The quantitative estimate of drug-likeness (QED) is 0.799. The van der Waals surface area contributed by atoms with E-state index in [1.807, 2.05) is 0 Å². The van der Waals surface area contributed by atoms with E-state index in [4.69, 9.17) is 4.74 Å². The zero-order valence-corrected chi connectivity index (χ0v) is 11.5. The standard InChI is InChI=1S/C16H24N2O/c1-2-7-16-15(6-1)13(11-18-16)8-9-17-12-14-5-3-4-10-19-14/h1-2,6-7,13-14,17-18H,3-5,8-12H2. The molecule has 0 spiro atoms. The molecule has 104 valence electrons. The fourth-order valence-corrected chi connectivity index (χ4v) is 3.12. The summed E-state index contributed by atoms with van der Waals surface area (Å²) >= 11 is 0. The highest BCUT2D eigenvalue weighted by molar-refractivity contribution is 5.57. The molecule has 2 aliphatic rings. The van der Waals surface area contributed by atoms with Crippen molar-refractivity contribution in [2.75, 3.05) is 31.6 Å². The first-order valence-electron chi connectivity index (χ1n) is 7.58. The van der Waals surface area contributed by atoms with Crippen molar-refractivity contribution < 1.29 is 4.74 Å². The van der Waals surface area contributed by atoms with E-state index in [1.54, 1.807) is 0 Å². The summed E-state index contributed by atoms with van der Waals surface area (Å²) in [5.74, 6) is 0.663. The lowest BCUT2D eigenvalue weighted by Crippen LogP contribution is -2.32. The van der Waals surface area contributed by atoms with Gasteiger partial charge in [0.05, 0.1) is 6.10 Å². The molecule has 2 heterocycles. The molecular formula is C16H24N2O. The highest BCUT2D eigenvalue weighted by Gasteiger charge is 2.21. The fraction of sp³-hybridized carbons (Fsp3) is 0.625. The molecule has 0 radical (unpaired) electrons. The molecule has 2 atom stereocenters. The van der Waals surface area contributed by atoms with Crippen LogP contribution in [0.1, 0.15) is 37.2 Å². The lowest BCUT2D eigenvalue weighted by molar-refractivity contribution is 0.0170. The van der Waals surface area contributed by atoms with Crippen molar-refractivity contribution in [1.29, 1.82) is 0 Å². The number of rotatable bonds is 5. The van der Waals surface area contributed by atoms with Crippen LogP contribution in [0, 0.1) is 0 Å². The van der Waals surface area contributed by atoms with Gasteiger partial charge in [-0.05, 0) is 43.9 Å². The van der Waals surface area contributed by atoms with Crippen LogP contribution in [0.15, 0.2) is 24.3 Å². The number of para-hydroxylation sites is 1. The minimum atomic E-state index is 0.447. The third kappa shape index (κ3) is 3.28. The summed E-state index contributed by atoms with van der Waals surface area (Å²) in [5.41, 5.74) is 2.81. The van der Waals surface area contributed by atoms with Gasteiger partial charge in [0.1, 0.15) is 0 Å². The van der Waals surface area contributed by atoms with Crippen LogP contribution in [0.2, 0.25) is 0 Å². The monoisotopic (exact) mass is 260 g/mol. The molecule has 1 saturated heterocycles. The summed E-state index contributed by atoms with van der Waals surface area (Å²) < 4.78 is 5.73. The maximum absolute atomic E-state index is 5.73. The minimum absolute atomic E-state index is 0.447. The fourth-order valence-electron chi connectivity index (χ4n) is 3.12. The average Bonchev–Trinajstić information content (AvgIpc) is 2.88. The van der Waals surface area contributed by atoms with Crippen LogP contribution >= 0.6 is 0 Å². The number of ether oxygens (including phenoxy) is 1. The van der Waals surface area contributed by atoms with E-state index in [0.29, 0.717) is 12.0 Å². The molecule has 0 saturated carbocycles. The number of anilines is 1. The summed E-state index contributed by atoms with van der Waals surface area (Å²) in [5, 5.41) is 7.05. The van der Waals surface area contributed by atoms with Gasteiger partial charge in [-0.25, -0.2) is 0 Å². The lowest BCUT2D eigenvalue weighted by Gasteiger charge is -2.23. The molecule has 1 aromatic carbocycles. The summed E-state index contributed by atoms with van der Waals surface area (Å²) in [6, 6.07) is 8.68. The molecule has 3 heteroatoms. The van der Waals surface area contributed by atoms with Crippen LogP contribution in [0.25, 0.3) is 0 Å². The highest BCUT2D eigenvalue weighted by atomic mass is 16.5. The second-order valence-electron chi connectivity index (χ2n) is 5.65. The van der Waals surface area contributed by atoms with Crippen LogP contribution in [0.5, 0.6) is 0 Å². The molecule has 1 aromatic rings. The van der Waals surface area contributed by atoms with Crippen molar-refractivity contribution in [3.05, 3.63) is 29.8 Å². The van der Waals surface area contributed by atoms with Gasteiger partial charge < -0.3 is 15.4 Å². The van der Waals surface area contributed by atoms with E-state index in [9.17, 15) is 0 Å².